The molecular weight excluding hydrogens is 270 g/mol. The summed E-state index contributed by atoms with van der Waals surface area (Å²) in [5, 5.41) is 10.8. The predicted molar refractivity (Wildman–Crippen MR) is 82.0 cm³/mol. The van der Waals surface area contributed by atoms with Crippen LogP contribution in [-0.2, 0) is 0 Å². The molecule has 1 saturated heterocycles. The highest BCUT2D eigenvalue weighted by molar-refractivity contribution is 5.83. The summed E-state index contributed by atoms with van der Waals surface area (Å²) in [5.41, 5.74) is 0.826. The Labute approximate surface area is 124 Å². The number of likely N-dealkylation sites (N-methyl/N-ethyl adjacent to an activating group) is 2. The smallest absolute Gasteiger partial charge is 0.280 e. The number of hydrogen-bond donors (Lipinski definition) is 0. The van der Waals surface area contributed by atoms with Crippen molar-refractivity contribution < 1.29 is 9.72 Å². The zero-order valence-electron chi connectivity index (χ0n) is 12.5. The number of hydrogen-bond acceptors (Lipinski definition) is 5. The van der Waals surface area contributed by atoms with Gasteiger partial charge in [-0.25, -0.2) is 0 Å². The molecule has 1 unspecified atom stereocenters. The highest BCUT2D eigenvalue weighted by Crippen LogP contribution is 2.25. The van der Waals surface area contributed by atoms with Crippen molar-refractivity contribution in [2.24, 2.45) is 0 Å². The van der Waals surface area contributed by atoms with Gasteiger partial charge in [-0.3, -0.25) is 19.8 Å². The van der Waals surface area contributed by atoms with Crippen molar-refractivity contribution in [2.75, 3.05) is 31.6 Å². The normalized spacial score (nSPS) is 18.7. The van der Waals surface area contributed by atoms with E-state index in [0.29, 0.717) is 12.3 Å². The molecule has 1 aliphatic heterocycles. The van der Waals surface area contributed by atoms with Crippen molar-refractivity contribution in [3.63, 3.8) is 0 Å². The Hall–Kier alpha value is -1.95. The second kappa shape index (κ2) is 6.67. The number of likely N-dealkylation sites (tertiary alicyclic amines) is 1. The van der Waals surface area contributed by atoms with Gasteiger partial charge in [-0.15, -0.1) is 0 Å². The summed E-state index contributed by atoms with van der Waals surface area (Å²) < 4.78 is 0. The van der Waals surface area contributed by atoms with Crippen LogP contribution in [0.2, 0.25) is 0 Å². The van der Waals surface area contributed by atoms with E-state index in [2.05, 4.69) is 16.7 Å². The summed E-state index contributed by atoms with van der Waals surface area (Å²) in [5.74, 6) is 0. The molecule has 0 saturated carbocycles. The van der Waals surface area contributed by atoms with E-state index in [1.807, 2.05) is 7.05 Å². The zero-order chi connectivity index (χ0) is 15.4. The third kappa shape index (κ3) is 3.39. The number of aldehydes is 1. The van der Waals surface area contributed by atoms with Gasteiger partial charge in [0.1, 0.15) is 0 Å². The molecule has 114 valence electrons. The first kappa shape index (κ1) is 15.4. The van der Waals surface area contributed by atoms with E-state index in [1.165, 1.54) is 18.9 Å². The molecule has 0 spiro atoms. The molecule has 0 radical (unpaired) electrons. The Kier molecular flexibility index (Phi) is 4.90. The molecule has 1 aliphatic rings. The van der Waals surface area contributed by atoms with Crippen LogP contribution in [0.25, 0.3) is 0 Å². The van der Waals surface area contributed by atoms with Crippen LogP contribution in [0.1, 0.15) is 30.1 Å². The molecule has 21 heavy (non-hydrogen) atoms. The average Bonchev–Trinajstić information content (AvgIpc) is 2.93. The van der Waals surface area contributed by atoms with Crippen molar-refractivity contribution in [3.8, 4) is 0 Å². The maximum Gasteiger partial charge on any atom is 0.280 e. The Morgan fingerprint density at radius 2 is 2.29 bits per heavy atom. The number of carbonyl (C=O) groups is 1. The number of rotatable bonds is 6. The summed E-state index contributed by atoms with van der Waals surface area (Å²) >= 11 is 0. The van der Waals surface area contributed by atoms with E-state index < -0.39 is 4.92 Å². The average molecular weight is 291 g/mol. The third-order valence-electron chi connectivity index (χ3n) is 4.17. The van der Waals surface area contributed by atoms with Crippen LogP contribution >= 0.6 is 0 Å². The molecule has 1 atom stereocenters. The van der Waals surface area contributed by atoms with Gasteiger partial charge in [0.15, 0.2) is 6.29 Å². The molecular formula is C15H21N3O3. The zero-order valence-corrected chi connectivity index (χ0v) is 12.5. The molecule has 0 N–H and O–H groups in total. The first-order valence-corrected chi connectivity index (χ1v) is 7.25. The standard InChI is InChI=1S/C15H21N3O3/c1-3-17-8-4-5-14(17)10-16(2)13-6-7-15(18(20)21)12(9-13)11-19/h6-7,9,11,14H,3-5,8,10H2,1-2H3. The number of anilines is 1. The molecule has 1 aromatic rings. The minimum Gasteiger partial charge on any atom is -0.373 e. The van der Waals surface area contributed by atoms with Gasteiger partial charge in [-0.05, 0) is 38.1 Å². The fraction of sp³-hybridized carbons (Fsp3) is 0.533. The number of nitro groups is 1. The molecule has 6 heteroatoms. The molecule has 0 aliphatic carbocycles. The molecule has 0 amide bonds. The monoisotopic (exact) mass is 291 g/mol. The summed E-state index contributed by atoms with van der Waals surface area (Å²) in [6.07, 6.45) is 2.93. The first-order valence-electron chi connectivity index (χ1n) is 7.25. The van der Waals surface area contributed by atoms with Crippen LogP contribution in [0.4, 0.5) is 11.4 Å². The van der Waals surface area contributed by atoms with Crippen LogP contribution in [0.15, 0.2) is 18.2 Å². The van der Waals surface area contributed by atoms with Crippen LogP contribution in [0.5, 0.6) is 0 Å². The van der Waals surface area contributed by atoms with Gasteiger partial charge in [0.05, 0.1) is 10.5 Å². The SMILES string of the molecule is CCN1CCCC1CN(C)c1ccc([N+](=O)[O-])c(C=O)c1. The second-order valence-electron chi connectivity index (χ2n) is 5.42. The first-order chi connectivity index (χ1) is 10.1. The lowest BCUT2D eigenvalue weighted by Crippen LogP contribution is -2.38. The Bertz CT molecular complexity index is 533. The van der Waals surface area contributed by atoms with Crippen LogP contribution in [0.3, 0.4) is 0 Å². The molecule has 0 bridgehead atoms. The third-order valence-corrected chi connectivity index (χ3v) is 4.17. The Morgan fingerprint density at radius 1 is 1.52 bits per heavy atom. The quantitative estimate of drug-likeness (QED) is 0.457. The molecule has 1 heterocycles. The van der Waals surface area contributed by atoms with Gasteiger partial charge < -0.3 is 4.90 Å². The lowest BCUT2D eigenvalue weighted by Gasteiger charge is -2.29. The second-order valence-corrected chi connectivity index (χ2v) is 5.42. The van der Waals surface area contributed by atoms with E-state index in [4.69, 9.17) is 0 Å². The van der Waals surface area contributed by atoms with Crippen molar-refractivity contribution in [1.82, 2.24) is 4.90 Å². The van der Waals surface area contributed by atoms with E-state index in [9.17, 15) is 14.9 Å². The topological polar surface area (TPSA) is 66.7 Å². The minimum atomic E-state index is -0.525. The summed E-state index contributed by atoms with van der Waals surface area (Å²) in [6.45, 7) is 5.20. The Balaban J connectivity index is 2.14. The highest BCUT2D eigenvalue weighted by Gasteiger charge is 2.24. The van der Waals surface area contributed by atoms with Gasteiger partial charge in [0.25, 0.3) is 5.69 Å². The van der Waals surface area contributed by atoms with Gasteiger partial charge in [-0.2, -0.15) is 0 Å². The van der Waals surface area contributed by atoms with Gasteiger partial charge >= 0.3 is 0 Å². The number of benzene rings is 1. The van der Waals surface area contributed by atoms with E-state index >= 15 is 0 Å². The Morgan fingerprint density at radius 3 is 2.90 bits per heavy atom. The van der Waals surface area contributed by atoms with Crippen LogP contribution in [0, 0.1) is 10.1 Å². The predicted octanol–water partition coefficient (Wildman–Crippen LogP) is 2.33. The molecule has 0 aromatic heterocycles. The summed E-state index contributed by atoms with van der Waals surface area (Å²) in [7, 11) is 1.96. The maximum absolute atomic E-state index is 11.0. The van der Waals surface area contributed by atoms with Crippen molar-refractivity contribution >= 4 is 17.7 Å². The fourth-order valence-electron chi connectivity index (χ4n) is 2.98. The van der Waals surface area contributed by atoms with Crippen LogP contribution < -0.4 is 4.90 Å². The molecule has 1 fully saturated rings. The number of nitro benzene ring substituents is 1. The van der Waals surface area contributed by atoms with E-state index in [0.717, 1.165) is 25.3 Å². The van der Waals surface area contributed by atoms with Crippen molar-refractivity contribution in [2.45, 2.75) is 25.8 Å². The summed E-state index contributed by atoms with van der Waals surface area (Å²) in [6, 6.07) is 5.21. The van der Waals surface area contributed by atoms with Crippen molar-refractivity contribution in [1.29, 1.82) is 0 Å². The minimum absolute atomic E-state index is 0.128. The largest absolute Gasteiger partial charge is 0.373 e. The lowest BCUT2D eigenvalue weighted by molar-refractivity contribution is -0.385. The number of nitrogens with zero attached hydrogens (tertiary/aromatic N) is 3. The highest BCUT2D eigenvalue weighted by atomic mass is 16.6. The van der Waals surface area contributed by atoms with Crippen LogP contribution in [-0.4, -0.2) is 48.8 Å². The maximum atomic E-state index is 11.0. The fourth-order valence-corrected chi connectivity index (χ4v) is 2.98. The number of carbonyl (C=O) groups excluding carboxylic acids is 1. The van der Waals surface area contributed by atoms with Gasteiger partial charge in [0, 0.05) is 31.4 Å². The lowest BCUT2D eigenvalue weighted by atomic mass is 10.1. The van der Waals surface area contributed by atoms with E-state index in [1.54, 1.807) is 12.1 Å². The summed E-state index contributed by atoms with van der Waals surface area (Å²) in [4.78, 5) is 25.9. The van der Waals surface area contributed by atoms with Crippen molar-refractivity contribution in [3.05, 3.63) is 33.9 Å². The molecule has 6 nitrogen and oxygen atoms in total. The molecule has 2 rings (SSSR count). The van der Waals surface area contributed by atoms with Gasteiger partial charge in [0.2, 0.25) is 0 Å². The molecule has 1 aromatic carbocycles. The van der Waals surface area contributed by atoms with E-state index in [-0.39, 0.29) is 11.3 Å². The van der Waals surface area contributed by atoms with Gasteiger partial charge in [-0.1, -0.05) is 6.92 Å².